The van der Waals surface area contributed by atoms with Crippen LogP contribution < -0.4 is 5.43 Å². The molecule has 1 fully saturated rings. The van der Waals surface area contributed by atoms with Gasteiger partial charge in [-0.1, -0.05) is 13.0 Å². The van der Waals surface area contributed by atoms with Gasteiger partial charge in [0.25, 0.3) is 5.91 Å². The van der Waals surface area contributed by atoms with E-state index in [0.717, 1.165) is 16.8 Å². The average molecular weight is 436 g/mol. The molecule has 0 unspecified atom stereocenters. The van der Waals surface area contributed by atoms with Gasteiger partial charge in [-0.05, 0) is 31.5 Å². The van der Waals surface area contributed by atoms with Gasteiger partial charge in [0.05, 0.1) is 11.3 Å². The lowest BCUT2D eigenvalue weighted by atomic mass is 10.2. The molecule has 7 nitrogen and oxygen atoms in total. The van der Waals surface area contributed by atoms with Gasteiger partial charge in [0.2, 0.25) is 11.3 Å². The monoisotopic (exact) mass is 436 g/mol. The second kappa shape index (κ2) is 8.91. The van der Waals surface area contributed by atoms with Crippen molar-refractivity contribution in [2.45, 2.75) is 32.9 Å². The Morgan fingerprint density at radius 3 is 2.42 bits per heavy atom. The SMILES string of the molecule is CCC(=O)N1CCCN(C(=O)c2nn(-c3cccc(C(F)(F)F)c3)c(C)cc2=O)CC1. The number of alkyl halides is 3. The van der Waals surface area contributed by atoms with E-state index in [0.29, 0.717) is 38.2 Å². The average Bonchev–Trinajstić information content (AvgIpc) is 2.98. The molecule has 0 radical (unpaired) electrons. The van der Waals surface area contributed by atoms with Crippen LogP contribution in [0, 0.1) is 6.92 Å². The normalized spacial score (nSPS) is 15.0. The lowest BCUT2D eigenvalue weighted by Gasteiger charge is -2.22. The minimum atomic E-state index is -4.53. The lowest BCUT2D eigenvalue weighted by Crippen LogP contribution is -2.39. The molecule has 0 aliphatic carbocycles. The third-order valence-corrected chi connectivity index (χ3v) is 5.17. The second-order valence-electron chi connectivity index (χ2n) is 7.34. The number of amides is 2. The van der Waals surface area contributed by atoms with E-state index in [4.69, 9.17) is 0 Å². The number of nitrogens with zero attached hydrogens (tertiary/aromatic N) is 4. The quantitative estimate of drug-likeness (QED) is 0.742. The highest BCUT2D eigenvalue weighted by atomic mass is 19.4. The van der Waals surface area contributed by atoms with Crippen LogP contribution in [0.3, 0.4) is 0 Å². The third kappa shape index (κ3) is 4.95. The summed E-state index contributed by atoms with van der Waals surface area (Å²) in [6, 6.07) is 5.71. The van der Waals surface area contributed by atoms with Crippen molar-refractivity contribution in [3.63, 3.8) is 0 Å². The van der Waals surface area contributed by atoms with Gasteiger partial charge in [0.1, 0.15) is 0 Å². The second-order valence-corrected chi connectivity index (χ2v) is 7.34. The van der Waals surface area contributed by atoms with Crippen molar-refractivity contribution < 1.29 is 22.8 Å². The summed E-state index contributed by atoms with van der Waals surface area (Å²) < 4.78 is 40.4. The van der Waals surface area contributed by atoms with Crippen molar-refractivity contribution in [1.29, 1.82) is 0 Å². The summed E-state index contributed by atoms with van der Waals surface area (Å²) in [5, 5.41) is 4.11. The number of rotatable bonds is 3. The van der Waals surface area contributed by atoms with Crippen molar-refractivity contribution in [1.82, 2.24) is 19.6 Å². The summed E-state index contributed by atoms with van der Waals surface area (Å²) in [5.74, 6) is -0.605. The first-order chi connectivity index (χ1) is 14.6. The van der Waals surface area contributed by atoms with Crippen LogP contribution in [0.2, 0.25) is 0 Å². The molecule has 0 spiro atoms. The highest BCUT2D eigenvalue weighted by Crippen LogP contribution is 2.30. The van der Waals surface area contributed by atoms with Gasteiger partial charge >= 0.3 is 6.18 Å². The molecule has 2 aromatic rings. The number of benzene rings is 1. The van der Waals surface area contributed by atoms with Crippen LogP contribution in [0.5, 0.6) is 0 Å². The molecule has 0 saturated carbocycles. The molecule has 0 bridgehead atoms. The summed E-state index contributed by atoms with van der Waals surface area (Å²) in [7, 11) is 0. The molecule has 31 heavy (non-hydrogen) atoms. The number of hydrogen-bond acceptors (Lipinski definition) is 4. The van der Waals surface area contributed by atoms with Crippen molar-refractivity contribution >= 4 is 11.8 Å². The van der Waals surface area contributed by atoms with Crippen LogP contribution in [0.1, 0.15) is 41.5 Å². The molecule has 3 rings (SSSR count). The Morgan fingerprint density at radius 1 is 1.06 bits per heavy atom. The number of aromatic nitrogens is 2. The van der Waals surface area contributed by atoms with Crippen LogP contribution >= 0.6 is 0 Å². The number of carbonyl (C=O) groups is 2. The van der Waals surface area contributed by atoms with E-state index in [-0.39, 0.29) is 23.8 Å². The number of halogens is 3. The van der Waals surface area contributed by atoms with E-state index in [1.165, 1.54) is 30.0 Å². The van der Waals surface area contributed by atoms with Gasteiger partial charge < -0.3 is 9.80 Å². The molecule has 2 amide bonds. The Bertz CT molecular complexity index is 1050. The van der Waals surface area contributed by atoms with Gasteiger partial charge in [-0.3, -0.25) is 14.4 Å². The number of hydrogen-bond donors (Lipinski definition) is 0. The van der Waals surface area contributed by atoms with Crippen molar-refractivity contribution in [2.75, 3.05) is 26.2 Å². The van der Waals surface area contributed by atoms with E-state index in [9.17, 15) is 27.6 Å². The fourth-order valence-electron chi connectivity index (χ4n) is 3.51. The van der Waals surface area contributed by atoms with E-state index >= 15 is 0 Å². The highest BCUT2D eigenvalue weighted by molar-refractivity contribution is 5.92. The fraction of sp³-hybridized carbons (Fsp3) is 0.429. The molecule has 2 heterocycles. The molecular formula is C21H23F3N4O3. The standard InChI is InChI=1S/C21H23F3N4O3/c1-3-18(30)26-8-5-9-27(11-10-26)20(31)19-17(29)12-14(2)28(25-19)16-7-4-6-15(13-16)21(22,23)24/h4,6-7,12-13H,3,5,8-11H2,1-2H3. The van der Waals surface area contributed by atoms with Crippen LogP contribution in [-0.2, 0) is 11.0 Å². The Hall–Kier alpha value is -3.17. The maximum Gasteiger partial charge on any atom is 0.416 e. The maximum atomic E-state index is 13.1. The van der Waals surface area contributed by atoms with Crippen molar-refractivity contribution in [3.8, 4) is 5.69 Å². The minimum Gasteiger partial charge on any atom is -0.341 e. The largest absolute Gasteiger partial charge is 0.416 e. The highest BCUT2D eigenvalue weighted by Gasteiger charge is 2.31. The molecule has 1 aromatic heterocycles. The Labute approximate surface area is 177 Å². The zero-order valence-electron chi connectivity index (χ0n) is 17.3. The Morgan fingerprint density at radius 2 is 1.74 bits per heavy atom. The maximum absolute atomic E-state index is 13.1. The predicted octanol–water partition coefficient (Wildman–Crippen LogP) is 2.64. The zero-order chi connectivity index (χ0) is 22.8. The predicted molar refractivity (Wildman–Crippen MR) is 107 cm³/mol. The fourth-order valence-corrected chi connectivity index (χ4v) is 3.51. The van der Waals surface area contributed by atoms with Gasteiger partial charge in [-0.2, -0.15) is 18.3 Å². The van der Waals surface area contributed by atoms with Crippen LogP contribution in [0.15, 0.2) is 35.1 Å². The van der Waals surface area contributed by atoms with Gasteiger partial charge in [-0.15, -0.1) is 0 Å². The van der Waals surface area contributed by atoms with Crippen molar-refractivity contribution in [2.24, 2.45) is 0 Å². The van der Waals surface area contributed by atoms with Crippen LogP contribution in [0.25, 0.3) is 5.69 Å². The molecule has 166 valence electrons. The molecule has 1 aromatic carbocycles. The van der Waals surface area contributed by atoms with Gasteiger partial charge in [0.15, 0.2) is 5.69 Å². The zero-order valence-corrected chi connectivity index (χ0v) is 17.3. The number of aryl methyl sites for hydroxylation is 1. The molecule has 1 aliphatic heterocycles. The lowest BCUT2D eigenvalue weighted by molar-refractivity contribution is -0.137. The topological polar surface area (TPSA) is 75.5 Å². The van der Waals surface area contributed by atoms with Crippen LogP contribution in [-0.4, -0.2) is 57.6 Å². The Kier molecular flexibility index (Phi) is 6.47. The van der Waals surface area contributed by atoms with Crippen molar-refractivity contribution in [3.05, 3.63) is 57.5 Å². The van der Waals surface area contributed by atoms with E-state index in [1.807, 2.05) is 0 Å². The van der Waals surface area contributed by atoms with E-state index in [1.54, 1.807) is 11.8 Å². The number of carbonyl (C=O) groups excluding carboxylic acids is 2. The minimum absolute atomic E-state index is 0.00494. The summed E-state index contributed by atoms with van der Waals surface area (Å²) >= 11 is 0. The summed E-state index contributed by atoms with van der Waals surface area (Å²) in [6.07, 6.45) is -3.60. The van der Waals surface area contributed by atoms with E-state index < -0.39 is 23.1 Å². The third-order valence-electron chi connectivity index (χ3n) is 5.17. The Balaban J connectivity index is 1.92. The van der Waals surface area contributed by atoms with Gasteiger partial charge in [-0.25, -0.2) is 4.68 Å². The smallest absolute Gasteiger partial charge is 0.341 e. The molecule has 0 N–H and O–H groups in total. The summed E-state index contributed by atoms with van der Waals surface area (Å²) in [5.41, 5.74) is -1.42. The van der Waals surface area contributed by atoms with Gasteiger partial charge in [0, 0.05) is 44.4 Å². The van der Waals surface area contributed by atoms with E-state index in [2.05, 4.69) is 5.10 Å². The summed E-state index contributed by atoms with van der Waals surface area (Å²) in [6.45, 7) is 4.78. The first kappa shape index (κ1) is 22.5. The molecule has 1 saturated heterocycles. The molecule has 1 aliphatic rings. The first-order valence-corrected chi connectivity index (χ1v) is 9.97. The first-order valence-electron chi connectivity index (χ1n) is 9.97. The molecule has 10 heteroatoms. The summed E-state index contributed by atoms with van der Waals surface area (Å²) in [4.78, 5) is 40.5. The molecule has 0 atom stereocenters. The molecular weight excluding hydrogens is 413 g/mol. The van der Waals surface area contributed by atoms with Crippen LogP contribution in [0.4, 0.5) is 13.2 Å².